The average Bonchev–Trinajstić information content (AvgIpc) is 3.12. The Bertz CT molecular complexity index is 746. The van der Waals surface area contributed by atoms with Crippen molar-refractivity contribution in [1.82, 2.24) is 25.0 Å². The summed E-state index contributed by atoms with van der Waals surface area (Å²) in [7, 11) is 0. The lowest BCUT2D eigenvalue weighted by Crippen LogP contribution is -2.16. The van der Waals surface area contributed by atoms with Gasteiger partial charge >= 0.3 is 0 Å². The van der Waals surface area contributed by atoms with E-state index < -0.39 is 0 Å². The van der Waals surface area contributed by atoms with Crippen molar-refractivity contribution in [1.29, 1.82) is 0 Å². The van der Waals surface area contributed by atoms with Gasteiger partial charge in [-0.3, -0.25) is 9.89 Å². The highest BCUT2D eigenvalue weighted by Gasteiger charge is 2.13. The lowest BCUT2D eigenvalue weighted by molar-refractivity contribution is 0.102. The highest BCUT2D eigenvalue weighted by molar-refractivity contribution is 6.05. The van der Waals surface area contributed by atoms with Crippen LogP contribution in [0.3, 0.4) is 0 Å². The van der Waals surface area contributed by atoms with Crippen molar-refractivity contribution in [3.05, 3.63) is 59.8 Å². The Morgan fingerprint density at radius 1 is 1.38 bits per heavy atom. The molecule has 1 amide bonds. The highest BCUT2D eigenvalue weighted by Crippen LogP contribution is 2.14. The summed E-state index contributed by atoms with van der Waals surface area (Å²) in [6.45, 7) is 2.37. The number of H-pyrrole nitrogens is 1. The van der Waals surface area contributed by atoms with E-state index in [-0.39, 0.29) is 5.91 Å². The van der Waals surface area contributed by atoms with Gasteiger partial charge in [-0.2, -0.15) is 10.2 Å². The molecule has 0 saturated carbocycles. The Kier molecular flexibility index (Phi) is 3.46. The summed E-state index contributed by atoms with van der Waals surface area (Å²) in [5.74, 6) is 0.425. The number of carbonyl (C=O) groups excluding carboxylic acids is 1. The smallest absolute Gasteiger partial charge is 0.257 e. The molecule has 0 saturated heterocycles. The summed E-state index contributed by atoms with van der Waals surface area (Å²) >= 11 is 0. The maximum Gasteiger partial charge on any atom is 0.257 e. The maximum atomic E-state index is 12.4. The molecule has 0 unspecified atom stereocenters. The van der Waals surface area contributed by atoms with E-state index in [9.17, 15) is 4.79 Å². The fourth-order valence-corrected chi connectivity index (χ4v) is 2.02. The molecule has 7 nitrogen and oxygen atoms in total. The normalized spacial score (nSPS) is 10.5. The van der Waals surface area contributed by atoms with E-state index >= 15 is 0 Å². The van der Waals surface area contributed by atoms with E-state index in [1.165, 1.54) is 6.33 Å². The molecule has 2 aromatic heterocycles. The number of nitrogens with one attached hydrogen (secondary N) is 2. The minimum Gasteiger partial charge on any atom is -0.307 e. The van der Waals surface area contributed by atoms with E-state index in [1.54, 1.807) is 23.3 Å². The molecule has 3 rings (SSSR count). The summed E-state index contributed by atoms with van der Waals surface area (Å²) in [5, 5.41) is 13.5. The number of hydrogen-bond acceptors (Lipinski definition) is 4. The molecule has 0 aliphatic carbocycles. The van der Waals surface area contributed by atoms with E-state index in [0.717, 1.165) is 11.1 Å². The topological polar surface area (TPSA) is 88.5 Å². The van der Waals surface area contributed by atoms with Crippen molar-refractivity contribution >= 4 is 11.7 Å². The van der Waals surface area contributed by atoms with Gasteiger partial charge in [-0.15, -0.1) is 0 Å². The Labute approximate surface area is 121 Å². The van der Waals surface area contributed by atoms with Crippen molar-refractivity contribution in [2.75, 3.05) is 5.32 Å². The first-order valence-electron chi connectivity index (χ1n) is 6.45. The van der Waals surface area contributed by atoms with Gasteiger partial charge in [0.2, 0.25) is 0 Å². The van der Waals surface area contributed by atoms with Crippen molar-refractivity contribution in [2.45, 2.75) is 13.5 Å². The van der Waals surface area contributed by atoms with Crippen LogP contribution in [-0.4, -0.2) is 30.9 Å². The Morgan fingerprint density at radius 3 is 2.95 bits per heavy atom. The van der Waals surface area contributed by atoms with Crippen LogP contribution in [0.5, 0.6) is 0 Å². The molecule has 0 bridgehead atoms. The molecule has 0 spiro atoms. The zero-order valence-electron chi connectivity index (χ0n) is 11.4. The SMILES string of the molecule is Cc1cn[nH]c1NC(=O)c1ccccc1Cn1cncn1. The van der Waals surface area contributed by atoms with Gasteiger partial charge in [0.05, 0.1) is 12.7 Å². The molecule has 2 heterocycles. The largest absolute Gasteiger partial charge is 0.307 e. The second kappa shape index (κ2) is 5.58. The van der Waals surface area contributed by atoms with E-state index in [2.05, 4.69) is 25.6 Å². The summed E-state index contributed by atoms with van der Waals surface area (Å²) in [6.07, 6.45) is 4.75. The zero-order chi connectivity index (χ0) is 14.7. The average molecular weight is 282 g/mol. The third-order valence-corrected chi connectivity index (χ3v) is 3.13. The lowest BCUT2D eigenvalue weighted by Gasteiger charge is -2.09. The van der Waals surface area contributed by atoms with Crippen LogP contribution >= 0.6 is 0 Å². The monoisotopic (exact) mass is 282 g/mol. The molecule has 0 atom stereocenters. The van der Waals surface area contributed by atoms with Crippen molar-refractivity contribution in [2.24, 2.45) is 0 Å². The van der Waals surface area contributed by atoms with Crippen molar-refractivity contribution < 1.29 is 4.79 Å². The fraction of sp³-hybridized carbons (Fsp3) is 0.143. The van der Waals surface area contributed by atoms with Gasteiger partial charge < -0.3 is 5.32 Å². The molecule has 7 heteroatoms. The van der Waals surface area contributed by atoms with Crippen LogP contribution in [0.4, 0.5) is 5.82 Å². The number of benzene rings is 1. The number of aromatic nitrogens is 5. The first kappa shape index (κ1) is 13.0. The predicted molar refractivity (Wildman–Crippen MR) is 76.8 cm³/mol. The third kappa shape index (κ3) is 2.81. The minimum absolute atomic E-state index is 0.182. The molecule has 2 N–H and O–H groups in total. The number of aryl methyl sites for hydroxylation is 1. The van der Waals surface area contributed by atoms with Crippen molar-refractivity contribution in [3.8, 4) is 0 Å². The molecule has 3 aromatic rings. The minimum atomic E-state index is -0.182. The quantitative estimate of drug-likeness (QED) is 0.761. The second-order valence-electron chi connectivity index (χ2n) is 4.63. The van der Waals surface area contributed by atoms with Crippen LogP contribution in [0.25, 0.3) is 0 Å². The number of amides is 1. The molecule has 0 aliphatic rings. The summed E-state index contributed by atoms with van der Waals surface area (Å²) in [4.78, 5) is 16.3. The van der Waals surface area contributed by atoms with Crippen LogP contribution in [-0.2, 0) is 6.54 Å². The number of rotatable bonds is 4. The van der Waals surface area contributed by atoms with Crippen LogP contribution in [0.2, 0.25) is 0 Å². The first-order chi connectivity index (χ1) is 10.2. The van der Waals surface area contributed by atoms with Crippen LogP contribution in [0, 0.1) is 6.92 Å². The predicted octanol–water partition coefficient (Wildman–Crippen LogP) is 1.61. The van der Waals surface area contributed by atoms with Gasteiger partial charge in [0.15, 0.2) is 0 Å². The molecular formula is C14H14N6O. The number of aromatic amines is 1. The Hall–Kier alpha value is -2.96. The van der Waals surface area contributed by atoms with Gasteiger partial charge in [-0.25, -0.2) is 9.67 Å². The summed E-state index contributed by atoms with van der Waals surface area (Å²) in [5.41, 5.74) is 2.36. The van der Waals surface area contributed by atoms with Gasteiger partial charge in [0.1, 0.15) is 18.5 Å². The molecule has 0 radical (unpaired) electrons. The molecule has 0 fully saturated rings. The number of hydrogen-bond donors (Lipinski definition) is 2. The molecule has 1 aromatic carbocycles. The lowest BCUT2D eigenvalue weighted by atomic mass is 10.1. The summed E-state index contributed by atoms with van der Waals surface area (Å²) in [6, 6.07) is 7.41. The van der Waals surface area contributed by atoms with E-state index in [0.29, 0.717) is 17.9 Å². The number of carbonyl (C=O) groups is 1. The number of nitrogens with zero attached hydrogens (tertiary/aromatic N) is 4. The van der Waals surface area contributed by atoms with E-state index in [1.807, 2.05) is 25.1 Å². The third-order valence-electron chi connectivity index (χ3n) is 3.13. The zero-order valence-corrected chi connectivity index (χ0v) is 11.4. The van der Waals surface area contributed by atoms with Gasteiger partial charge in [0.25, 0.3) is 5.91 Å². The Balaban J connectivity index is 1.84. The van der Waals surface area contributed by atoms with Crippen LogP contribution in [0.1, 0.15) is 21.5 Å². The fourth-order valence-electron chi connectivity index (χ4n) is 2.02. The summed E-state index contributed by atoms with van der Waals surface area (Å²) < 4.78 is 1.67. The Morgan fingerprint density at radius 2 is 2.24 bits per heavy atom. The first-order valence-corrected chi connectivity index (χ1v) is 6.45. The maximum absolute atomic E-state index is 12.4. The molecular weight excluding hydrogens is 268 g/mol. The van der Waals surface area contributed by atoms with Crippen molar-refractivity contribution in [3.63, 3.8) is 0 Å². The van der Waals surface area contributed by atoms with Crippen LogP contribution < -0.4 is 5.32 Å². The van der Waals surface area contributed by atoms with E-state index in [4.69, 9.17) is 0 Å². The standard InChI is InChI=1S/C14H14N6O/c1-10-6-16-19-13(10)18-14(21)12-5-3-2-4-11(12)7-20-9-15-8-17-20/h2-6,8-9H,7H2,1H3,(H2,16,18,19,21). The van der Waals surface area contributed by atoms with Gasteiger partial charge in [-0.1, -0.05) is 18.2 Å². The number of anilines is 1. The molecule has 106 valence electrons. The highest BCUT2D eigenvalue weighted by atomic mass is 16.1. The van der Waals surface area contributed by atoms with Gasteiger partial charge in [0, 0.05) is 11.1 Å². The van der Waals surface area contributed by atoms with Crippen LogP contribution in [0.15, 0.2) is 43.1 Å². The molecule has 0 aliphatic heterocycles. The van der Waals surface area contributed by atoms with Gasteiger partial charge in [-0.05, 0) is 18.6 Å². The molecule has 21 heavy (non-hydrogen) atoms. The second-order valence-corrected chi connectivity index (χ2v) is 4.63.